The topological polar surface area (TPSA) is 35.6 Å². The Labute approximate surface area is 156 Å². The minimum absolute atomic E-state index is 0.353. The molecule has 0 aliphatic carbocycles. The average molecular weight is 377 g/mol. The predicted octanol–water partition coefficient (Wildman–Crippen LogP) is 3.25. The molecule has 0 radical (unpaired) electrons. The highest BCUT2D eigenvalue weighted by molar-refractivity contribution is 5.94. The van der Waals surface area contributed by atoms with Gasteiger partial charge < -0.3 is 5.32 Å². The van der Waals surface area contributed by atoms with E-state index in [2.05, 4.69) is 22.3 Å². The number of hydrogen-bond donors (Lipinski definition) is 1. The molecule has 1 heterocycles. The van der Waals surface area contributed by atoms with E-state index in [9.17, 15) is 18.0 Å². The molecule has 0 spiro atoms. The van der Waals surface area contributed by atoms with E-state index >= 15 is 0 Å². The molecule has 1 aliphatic heterocycles. The Balaban J connectivity index is 1.53. The number of benzene rings is 2. The molecule has 1 atom stereocenters. The van der Waals surface area contributed by atoms with E-state index in [1.54, 1.807) is 6.92 Å². The van der Waals surface area contributed by atoms with Crippen LogP contribution in [0.25, 0.3) is 0 Å². The Morgan fingerprint density at radius 3 is 2.33 bits per heavy atom. The normalized spacial score (nSPS) is 16.9. The molecular formula is C20H22F3N3O. The van der Waals surface area contributed by atoms with Crippen molar-refractivity contribution in [3.05, 3.63) is 65.5 Å². The van der Waals surface area contributed by atoms with Crippen molar-refractivity contribution in [1.82, 2.24) is 9.80 Å². The summed E-state index contributed by atoms with van der Waals surface area (Å²) in [4.78, 5) is 16.7. The number of hydrogen-bond acceptors (Lipinski definition) is 3. The fraction of sp³-hybridized carbons (Fsp3) is 0.350. The maximum atomic E-state index is 13.7. The van der Waals surface area contributed by atoms with Crippen LogP contribution in [0.15, 0.2) is 42.5 Å². The largest absolute Gasteiger partial charge is 0.322 e. The molecule has 0 saturated carbocycles. The van der Waals surface area contributed by atoms with Crippen molar-refractivity contribution in [3.63, 3.8) is 0 Å². The van der Waals surface area contributed by atoms with Crippen molar-refractivity contribution in [2.75, 3.05) is 31.5 Å². The molecule has 1 aliphatic rings. The van der Waals surface area contributed by atoms with Crippen LogP contribution < -0.4 is 5.32 Å². The summed E-state index contributed by atoms with van der Waals surface area (Å²) < 4.78 is 40.0. The summed E-state index contributed by atoms with van der Waals surface area (Å²) in [5.74, 6) is -4.71. The van der Waals surface area contributed by atoms with Gasteiger partial charge in [-0.2, -0.15) is 0 Å². The van der Waals surface area contributed by atoms with Crippen LogP contribution in [-0.4, -0.2) is 47.9 Å². The Morgan fingerprint density at radius 1 is 1.00 bits per heavy atom. The number of amides is 1. The maximum absolute atomic E-state index is 13.7. The lowest BCUT2D eigenvalue weighted by molar-refractivity contribution is -0.121. The Kier molecular flexibility index (Phi) is 6.13. The van der Waals surface area contributed by atoms with Crippen molar-refractivity contribution < 1.29 is 18.0 Å². The molecule has 4 nitrogen and oxygen atoms in total. The summed E-state index contributed by atoms with van der Waals surface area (Å²) in [5.41, 5.74) is 0.888. The van der Waals surface area contributed by atoms with Crippen LogP contribution in [0, 0.1) is 17.5 Å². The third-order valence-electron chi connectivity index (χ3n) is 4.88. The summed E-state index contributed by atoms with van der Waals surface area (Å²) in [7, 11) is 0. The molecule has 0 aromatic heterocycles. The second-order valence-corrected chi connectivity index (χ2v) is 6.69. The standard InChI is InChI=1S/C20H22F3N3O/c1-14(20(27)24-17-8-7-16(21)18(22)19(17)23)26-11-9-25(10-12-26)13-15-5-3-2-4-6-15/h2-8,14H,9-13H2,1H3,(H,24,27)/t14-/m1/s1. The first-order valence-corrected chi connectivity index (χ1v) is 8.90. The Morgan fingerprint density at radius 2 is 1.67 bits per heavy atom. The van der Waals surface area contributed by atoms with Gasteiger partial charge in [-0.1, -0.05) is 30.3 Å². The molecular weight excluding hydrogens is 355 g/mol. The third kappa shape index (κ3) is 4.67. The molecule has 1 N–H and O–H groups in total. The molecule has 27 heavy (non-hydrogen) atoms. The van der Waals surface area contributed by atoms with Gasteiger partial charge in [0.05, 0.1) is 11.7 Å². The van der Waals surface area contributed by atoms with Gasteiger partial charge in [-0.3, -0.25) is 14.6 Å². The highest BCUT2D eigenvalue weighted by Crippen LogP contribution is 2.20. The number of carbonyl (C=O) groups is 1. The van der Waals surface area contributed by atoms with Gasteiger partial charge in [0.15, 0.2) is 17.5 Å². The van der Waals surface area contributed by atoms with E-state index in [0.29, 0.717) is 13.1 Å². The smallest absolute Gasteiger partial charge is 0.241 e. The molecule has 1 amide bonds. The van der Waals surface area contributed by atoms with Crippen LogP contribution >= 0.6 is 0 Å². The molecule has 2 aromatic rings. The van der Waals surface area contributed by atoms with Crippen molar-refractivity contribution in [2.24, 2.45) is 0 Å². The number of nitrogens with zero attached hydrogens (tertiary/aromatic N) is 2. The average Bonchev–Trinajstić information content (AvgIpc) is 2.69. The summed E-state index contributed by atoms with van der Waals surface area (Å²) in [6.07, 6.45) is 0. The van der Waals surface area contributed by atoms with Gasteiger partial charge in [0.25, 0.3) is 0 Å². The second kappa shape index (κ2) is 8.54. The van der Waals surface area contributed by atoms with Crippen LogP contribution in [-0.2, 0) is 11.3 Å². The summed E-state index contributed by atoms with van der Waals surface area (Å²) in [6.45, 7) is 5.59. The van der Waals surface area contributed by atoms with Crippen molar-refractivity contribution in [1.29, 1.82) is 0 Å². The molecule has 144 valence electrons. The van der Waals surface area contributed by atoms with Gasteiger partial charge in [0.2, 0.25) is 5.91 Å². The highest BCUT2D eigenvalue weighted by Gasteiger charge is 2.26. The number of carbonyl (C=O) groups excluding carboxylic acids is 1. The van der Waals surface area contributed by atoms with Crippen molar-refractivity contribution in [2.45, 2.75) is 19.5 Å². The SMILES string of the molecule is C[C@H](C(=O)Nc1ccc(F)c(F)c1F)N1CCN(Cc2ccccc2)CC1. The fourth-order valence-electron chi connectivity index (χ4n) is 3.18. The zero-order valence-electron chi connectivity index (χ0n) is 15.1. The van der Waals surface area contributed by atoms with E-state index in [1.807, 2.05) is 23.1 Å². The monoisotopic (exact) mass is 377 g/mol. The number of anilines is 1. The molecule has 1 fully saturated rings. The van der Waals surface area contributed by atoms with Crippen LogP contribution in [0.5, 0.6) is 0 Å². The molecule has 0 unspecified atom stereocenters. The van der Waals surface area contributed by atoms with E-state index in [1.165, 1.54) is 5.56 Å². The number of halogens is 3. The first-order chi connectivity index (χ1) is 13.0. The minimum Gasteiger partial charge on any atom is -0.322 e. The zero-order valence-corrected chi connectivity index (χ0v) is 15.1. The van der Waals surface area contributed by atoms with Crippen molar-refractivity contribution >= 4 is 11.6 Å². The van der Waals surface area contributed by atoms with E-state index < -0.39 is 29.4 Å². The van der Waals surface area contributed by atoms with Crippen LogP contribution in [0.2, 0.25) is 0 Å². The Hall–Kier alpha value is -2.38. The van der Waals surface area contributed by atoms with Gasteiger partial charge in [0, 0.05) is 32.7 Å². The van der Waals surface area contributed by atoms with Gasteiger partial charge in [-0.15, -0.1) is 0 Å². The Bertz CT molecular complexity index is 793. The quantitative estimate of drug-likeness (QED) is 0.813. The summed E-state index contributed by atoms with van der Waals surface area (Å²) in [5, 5.41) is 2.35. The molecule has 7 heteroatoms. The van der Waals surface area contributed by atoms with Gasteiger partial charge >= 0.3 is 0 Å². The number of rotatable bonds is 5. The van der Waals surface area contributed by atoms with E-state index in [-0.39, 0.29) is 5.69 Å². The minimum atomic E-state index is -1.59. The van der Waals surface area contributed by atoms with Gasteiger partial charge in [0.1, 0.15) is 0 Å². The highest BCUT2D eigenvalue weighted by atomic mass is 19.2. The molecule has 3 rings (SSSR count). The summed E-state index contributed by atoms with van der Waals surface area (Å²) in [6, 6.07) is 11.5. The molecule has 0 bridgehead atoms. The van der Waals surface area contributed by atoms with Gasteiger partial charge in [-0.05, 0) is 24.6 Å². The lowest BCUT2D eigenvalue weighted by Crippen LogP contribution is -2.52. The zero-order chi connectivity index (χ0) is 19.4. The molecule has 1 saturated heterocycles. The number of piperazine rings is 1. The lowest BCUT2D eigenvalue weighted by atomic mass is 10.1. The predicted molar refractivity (Wildman–Crippen MR) is 97.7 cm³/mol. The lowest BCUT2D eigenvalue weighted by Gasteiger charge is -2.37. The van der Waals surface area contributed by atoms with Crippen LogP contribution in [0.1, 0.15) is 12.5 Å². The number of nitrogens with one attached hydrogen (secondary N) is 1. The first-order valence-electron chi connectivity index (χ1n) is 8.90. The second-order valence-electron chi connectivity index (χ2n) is 6.69. The van der Waals surface area contributed by atoms with E-state index in [4.69, 9.17) is 0 Å². The van der Waals surface area contributed by atoms with Crippen molar-refractivity contribution in [3.8, 4) is 0 Å². The summed E-state index contributed by atoms with van der Waals surface area (Å²) >= 11 is 0. The van der Waals surface area contributed by atoms with Crippen LogP contribution in [0.3, 0.4) is 0 Å². The fourth-order valence-corrected chi connectivity index (χ4v) is 3.18. The van der Waals surface area contributed by atoms with E-state index in [0.717, 1.165) is 31.8 Å². The maximum Gasteiger partial charge on any atom is 0.241 e. The third-order valence-corrected chi connectivity index (χ3v) is 4.88. The molecule has 2 aromatic carbocycles. The van der Waals surface area contributed by atoms with Gasteiger partial charge in [-0.25, -0.2) is 13.2 Å². The van der Waals surface area contributed by atoms with Crippen LogP contribution in [0.4, 0.5) is 18.9 Å². The first kappa shape index (κ1) is 19.4.